The number of H-pyrrole nitrogens is 1. The molecule has 0 fully saturated rings. The molecule has 4 rings (SSSR count). The van der Waals surface area contributed by atoms with Crippen LogP contribution in [0.3, 0.4) is 0 Å². The molecule has 0 bridgehead atoms. The third-order valence-corrected chi connectivity index (χ3v) is 5.70. The molecule has 2 aromatic carbocycles. The van der Waals surface area contributed by atoms with Crippen molar-refractivity contribution in [3.8, 4) is 23.0 Å². The van der Waals surface area contributed by atoms with Gasteiger partial charge in [0.1, 0.15) is 16.4 Å². The molecule has 0 saturated carbocycles. The van der Waals surface area contributed by atoms with Crippen LogP contribution < -0.4 is 4.72 Å². The predicted octanol–water partition coefficient (Wildman–Crippen LogP) is 4.23. The number of aryl methyl sites for hydroxylation is 1. The summed E-state index contributed by atoms with van der Waals surface area (Å²) >= 11 is 0. The van der Waals surface area contributed by atoms with Crippen LogP contribution in [-0.4, -0.2) is 23.6 Å². The van der Waals surface area contributed by atoms with E-state index in [1.54, 1.807) is 12.1 Å². The summed E-state index contributed by atoms with van der Waals surface area (Å²) < 4.78 is 46.7. The van der Waals surface area contributed by atoms with E-state index in [4.69, 9.17) is 4.42 Å². The van der Waals surface area contributed by atoms with Crippen LogP contribution in [0.25, 0.3) is 23.0 Å². The molecule has 2 N–H and O–H groups in total. The number of hydrogen-bond donors (Lipinski definition) is 2. The lowest BCUT2D eigenvalue weighted by Gasteiger charge is -2.10. The highest BCUT2D eigenvalue weighted by Gasteiger charge is 2.20. The molecule has 0 unspecified atom stereocenters. The quantitative estimate of drug-likeness (QED) is 0.493. The average molecular weight is 412 g/mol. The first-order chi connectivity index (χ1) is 14.0. The van der Waals surface area contributed by atoms with Crippen LogP contribution in [0.4, 0.5) is 10.1 Å². The number of aromatic amines is 1. The van der Waals surface area contributed by atoms with Crippen molar-refractivity contribution in [1.82, 2.24) is 15.2 Å². The molecule has 0 aliphatic heterocycles. The van der Waals surface area contributed by atoms with Crippen LogP contribution in [-0.2, 0) is 16.4 Å². The molecule has 0 atom stereocenters. The van der Waals surface area contributed by atoms with Crippen LogP contribution in [0, 0.1) is 5.82 Å². The van der Waals surface area contributed by atoms with Crippen LogP contribution >= 0.6 is 0 Å². The molecule has 29 heavy (non-hydrogen) atoms. The van der Waals surface area contributed by atoms with Gasteiger partial charge < -0.3 is 9.40 Å². The standard InChI is InChI=1S/C20H17FN4O3S/c1-2-13-5-3-4-6-17(13)25-29(26,27)16-11-18(22-12-16)20-24-23-19(28-20)14-7-9-15(21)10-8-14/h3-12,22,25H,2H2,1H3. The van der Waals surface area contributed by atoms with Gasteiger partial charge in [-0.05, 0) is 48.4 Å². The molecule has 0 amide bonds. The average Bonchev–Trinajstić information content (AvgIpc) is 3.39. The molecule has 0 radical (unpaired) electrons. The van der Waals surface area contributed by atoms with Crippen LogP contribution in [0.2, 0.25) is 0 Å². The van der Waals surface area contributed by atoms with E-state index in [2.05, 4.69) is 19.9 Å². The van der Waals surface area contributed by atoms with E-state index in [-0.39, 0.29) is 22.5 Å². The Bertz CT molecular complexity index is 1250. The Morgan fingerprint density at radius 1 is 1.07 bits per heavy atom. The number of rotatable bonds is 6. The fraction of sp³-hybridized carbons (Fsp3) is 0.100. The van der Waals surface area contributed by atoms with Gasteiger partial charge in [0, 0.05) is 11.8 Å². The van der Waals surface area contributed by atoms with E-state index in [0.29, 0.717) is 23.4 Å². The summed E-state index contributed by atoms with van der Waals surface area (Å²) in [4.78, 5) is 2.88. The Morgan fingerprint density at radius 2 is 1.79 bits per heavy atom. The monoisotopic (exact) mass is 412 g/mol. The zero-order valence-electron chi connectivity index (χ0n) is 15.4. The topological polar surface area (TPSA) is 101 Å². The van der Waals surface area contributed by atoms with E-state index in [1.807, 2.05) is 19.1 Å². The molecular formula is C20H17FN4O3S. The lowest BCUT2D eigenvalue weighted by atomic mass is 10.1. The highest BCUT2D eigenvalue weighted by molar-refractivity contribution is 7.92. The van der Waals surface area contributed by atoms with Crippen molar-refractivity contribution in [2.24, 2.45) is 0 Å². The van der Waals surface area contributed by atoms with Crippen molar-refractivity contribution in [3.63, 3.8) is 0 Å². The summed E-state index contributed by atoms with van der Waals surface area (Å²) in [5.41, 5.74) is 2.35. The first-order valence-corrected chi connectivity index (χ1v) is 10.3. The summed E-state index contributed by atoms with van der Waals surface area (Å²) in [6, 6.07) is 14.3. The molecule has 2 aromatic heterocycles. The van der Waals surface area contributed by atoms with Crippen molar-refractivity contribution in [1.29, 1.82) is 0 Å². The van der Waals surface area contributed by atoms with Gasteiger partial charge in [0.05, 0.1) is 5.69 Å². The fourth-order valence-corrected chi connectivity index (χ4v) is 3.92. The number of hydrogen-bond acceptors (Lipinski definition) is 5. The van der Waals surface area contributed by atoms with Gasteiger partial charge in [0.25, 0.3) is 15.9 Å². The summed E-state index contributed by atoms with van der Waals surface area (Å²) in [6.45, 7) is 1.95. The number of nitrogens with one attached hydrogen (secondary N) is 2. The maximum atomic E-state index is 13.1. The molecule has 0 aliphatic carbocycles. The summed E-state index contributed by atoms with van der Waals surface area (Å²) in [6.07, 6.45) is 2.05. The second-order valence-corrected chi connectivity index (χ2v) is 7.97. The van der Waals surface area contributed by atoms with E-state index in [0.717, 1.165) is 5.56 Å². The second kappa shape index (κ2) is 7.51. The van der Waals surface area contributed by atoms with E-state index in [9.17, 15) is 12.8 Å². The first-order valence-electron chi connectivity index (χ1n) is 8.85. The van der Waals surface area contributed by atoms with Crippen LogP contribution in [0.1, 0.15) is 12.5 Å². The lowest BCUT2D eigenvalue weighted by molar-refractivity contribution is 0.582. The van der Waals surface area contributed by atoms with Gasteiger partial charge in [0.15, 0.2) is 0 Å². The largest absolute Gasteiger partial charge is 0.415 e. The third kappa shape index (κ3) is 3.90. The zero-order valence-corrected chi connectivity index (χ0v) is 16.2. The summed E-state index contributed by atoms with van der Waals surface area (Å²) in [5.74, 6) is -0.0430. The molecule has 4 aromatic rings. The summed E-state index contributed by atoms with van der Waals surface area (Å²) in [7, 11) is -3.80. The SMILES string of the molecule is CCc1ccccc1NS(=O)(=O)c1c[nH]c(-c2nnc(-c3ccc(F)cc3)o2)c1. The number of anilines is 1. The number of sulfonamides is 1. The first kappa shape index (κ1) is 18.9. The van der Waals surface area contributed by atoms with Crippen LogP contribution in [0.15, 0.2) is 70.1 Å². The summed E-state index contributed by atoms with van der Waals surface area (Å²) in [5, 5.41) is 7.87. The van der Waals surface area contributed by atoms with Crippen molar-refractivity contribution in [3.05, 3.63) is 72.2 Å². The zero-order chi connectivity index (χ0) is 20.4. The number of para-hydroxylation sites is 1. The lowest BCUT2D eigenvalue weighted by Crippen LogP contribution is -2.13. The highest BCUT2D eigenvalue weighted by atomic mass is 32.2. The normalized spacial score (nSPS) is 11.5. The number of nitrogens with zero attached hydrogens (tertiary/aromatic N) is 2. The van der Waals surface area contributed by atoms with Crippen molar-refractivity contribution < 1.29 is 17.2 Å². The van der Waals surface area contributed by atoms with Gasteiger partial charge in [-0.15, -0.1) is 10.2 Å². The highest BCUT2D eigenvalue weighted by Crippen LogP contribution is 2.26. The van der Waals surface area contributed by atoms with Crippen molar-refractivity contribution in [2.75, 3.05) is 4.72 Å². The number of aromatic nitrogens is 3. The molecule has 0 spiro atoms. The molecule has 0 aliphatic rings. The molecule has 148 valence electrons. The van der Waals surface area contributed by atoms with E-state index in [1.165, 1.54) is 36.5 Å². The van der Waals surface area contributed by atoms with Crippen molar-refractivity contribution in [2.45, 2.75) is 18.2 Å². The fourth-order valence-electron chi connectivity index (χ4n) is 2.83. The van der Waals surface area contributed by atoms with Gasteiger partial charge >= 0.3 is 0 Å². The Kier molecular flexibility index (Phi) is 4.89. The van der Waals surface area contributed by atoms with E-state index >= 15 is 0 Å². The van der Waals surface area contributed by atoms with Crippen LogP contribution in [0.5, 0.6) is 0 Å². The smallest absolute Gasteiger partial charge is 0.264 e. The minimum atomic E-state index is -3.80. The number of halogens is 1. The minimum Gasteiger partial charge on any atom is -0.415 e. The van der Waals surface area contributed by atoms with Gasteiger partial charge in [-0.1, -0.05) is 25.1 Å². The minimum absolute atomic E-state index is 0.0416. The molecule has 0 saturated heterocycles. The molecular weight excluding hydrogens is 395 g/mol. The Hall–Kier alpha value is -3.46. The molecule has 2 heterocycles. The maximum absolute atomic E-state index is 13.1. The second-order valence-electron chi connectivity index (χ2n) is 6.28. The Balaban J connectivity index is 1.59. The Labute approximate surface area is 166 Å². The van der Waals surface area contributed by atoms with Crippen molar-refractivity contribution >= 4 is 15.7 Å². The predicted molar refractivity (Wildman–Crippen MR) is 106 cm³/mol. The molecule has 9 heteroatoms. The van der Waals surface area contributed by atoms with E-state index < -0.39 is 10.0 Å². The van der Waals surface area contributed by atoms with Gasteiger partial charge in [0.2, 0.25) is 5.89 Å². The van der Waals surface area contributed by atoms with Gasteiger partial charge in [-0.25, -0.2) is 12.8 Å². The van der Waals surface area contributed by atoms with Gasteiger partial charge in [-0.3, -0.25) is 4.72 Å². The van der Waals surface area contributed by atoms with Gasteiger partial charge in [-0.2, -0.15) is 0 Å². The maximum Gasteiger partial charge on any atom is 0.264 e. The Morgan fingerprint density at radius 3 is 2.55 bits per heavy atom. The third-order valence-electron chi connectivity index (χ3n) is 4.36. The number of benzene rings is 2. The molecule has 7 nitrogen and oxygen atoms in total.